The summed E-state index contributed by atoms with van der Waals surface area (Å²) in [6.45, 7) is 11.9. The van der Waals surface area contributed by atoms with Crippen molar-refractivity contribution in [3.63, 3.8) is 0 Å². The van der Waals surface area contributed by atoms with E-state index in [9.17, 15) is 4.79 Å². The zero-order valence-corrected chi connectivity index (χ0v) is 10.8. The Balaban J connectivity index is 0. The Morgan fingerprint density at radius 3 is 2.27 bits per heavy atom. The van der Waals surface area contributed by atoms with Crippen molar-refractivity contribution in [1.29, 1.82) is 0 Å². The van der Waals surface area contributed by atoms with E-state index < -0.39 is 0 Å². The summed E-state index contributed by atoms with van der Waals surface area (Å²) in [5.74, 6) is 0. The number of ether oxygens (including phenoxy) is 1. The number of nitrogens with one attached hydrogen (secondary N) is 1. The summed E-state index contributed by atoms with van der Waals surface area (Å²) in [6, 6.07) is 0. The van der Waals surface area contributed by atoms with Gasteiger partial charge in [0.25, 0.3) is 0 Å². The lowest BCUT2D eigenvalue weighted by Crippen LogP contribution is -2.35. The van der Waals surface area contributed by atoms with Gasteiger partial charge in [-0.05, 0) is 19.5 Å². The molecule has 0 saturated carbocycles. The largest absolute Gasteiger partial charge is 0.453 e. The van der Waals surface area contributed by atoms with Crippen LogP contribution in [-0.2, 0) is 4.74 Å². The molecule has 0 aromatic carbocycles. The first-order valence-corrected chi connectivity index (χ1v) is 5.78. The fourth-order valence-corrected chi connectivity index (χ4v) is 1.13. The second-order valence-corrected chi connectivity index (χ2v) is 2.85. The molecule has 0 atom stereocenters. The number of nitrogens with zero attached hydrogens (tertiary/aromatic N) is 1. The predicted octanol–water partition coefficient (Wildman–Crippen LogP) is 2.10. The minimum atomic E-state index is -0.354. The quantitative estimate of drug-likeness (QED) is 0.742. The van der Waals surface area contributed by atoms with Crippen molar-refractivity contribution in [2.45, 2.75) is 34.1 Å². The minimum Gasteiger partial charge on any atom is -0.453 e. The molecule has 0 bridgehead atoms. The van der Waals surface area contributed by atoms with Crippen LogP contribution in [0.25, 0.3) is 0 Å². The molecule has 0 radical (unpaired) electrons. The maximum Gasteiger partial charge on any atom is 0.406 e. The minimum absolute atomic E-state index is 0.354. The monoisotopic (exact) mass is 218 g/mol. The summed E-state index contributed by atoms with van der Waals surface area (Å²) >= 11 is 0. The van der Waals surface area contributed by atoms with E-state index in [0.717, 1.165) is 26.1 Å². The van der Waals surface area contributed by atoms with Gasteiger partial charge in [0.05, 0.1) is 7.11 Å². The Labute approximate surface area is 94.0 Å². The Morgan fingerprint density at radius 1 is 1.27 bits per heavy atom. The molecular weight excluding hydrogens is 192 g/mol. The first kappa shape index (κ1) is 16.7. The molecule has 0 spiro atoms. The van der Waals surface area contributed by atoms with Crippen LogP contribution in [0.1, 0.15) is 34.1 Å². The van der Waals surface area contributed by atoms with E-state index in [1.54, 1.807) is 0 Å². The average Bonchev–Trinajstić information content (AvgIpc) is 2.30. The van der Waals surface area contributed by atoms with Crippen molar-refractivity contribution < 1.29 is 9.53 Å². The number of carbonyl (C=O) groups is 1. The molecule has 0 aliphatic carbocycles. The van der Waals surface area contributed by atoms with Gasteiger partial charge < -0.3 is 15.0 Å². The number of carbonyl (C=O) groups excluding carboxylic acids is 1. The van der Waals surface area contributed by atoms with Crippen LogP contribution in [-0.4, -0.2) is 44.3 Å². The molecule has 4 heteroatoms. The molecule has 0 aliphatic rings. The van der Waals surface area contributed by atoms with Crippen LogP contribution in [0.3, 0.4) is 0 Å². The zero-order chi connectivity index (χ0) is 12.1. The van der Waals surface area contributed by atoms with Gasteiger partial charge in [-0.25, -0.2) is 4.79 Å². The van der Waals surface area contributed by atoms with Crippen LogP contribution >= 0.6 is 0 Å². The van der Waals surface area contributed by atoms with Crippen LogP contribution in [0.5, 0.6) is 0 Å². The van der Waals surface area contributed by atoms with Gasteiger partial charge in [-0.2, -0.15) is 0 Å². The van der Waals surface area contributed by atoms with Gasteiger partial charge >= 0.3 is 6.09 Å². The normalized spacial score (nSPS) is 9.20. The standard InChI is InChI=1S/C9H20N2O2.C2H6/c1-4-7-11(5-2)8-6-10-9(12)13-3;1-2/h4-8H2,1-3H3,(H,10,12);1-2H3. The lowest BCUT2D eigenvalue weighted by molar-refractivity contribution is 0.168. The summed E-state index contributed by atoms with van der Waals surface area (Å²) in [6.07, 6.45) is 0.791. The van der Waals surface area contributed by atoms with Crippen molar-refractivity contribution in [1.82, 2.24) is 10.2 Å². The van der Waals surface area contributed by atoms with Gasteiger partial charge in [-0.15, -0.1) is 0 Å². The molecule has 4 nitrogen and oxygen atoms in total. The van der Waals surface area contributed by atoms with Crippen LogP contribution in [0.2, 0.25) is 0 Å². The SMILES string of the molecule is CC.CCCN(CC)CCNC(=O)OC. The number of likely N-dealkylation sites (N-methyl/N-ethyl adjacent to an activating group) is 1. The average molecular weight is 218 g/mol. The summed E-state index contributed by atoms with van der Waals surface area (Å²) in [4.78, 5) is 13.0. The molecule has 1 N–H and O–H groups in total. The fraction of sp³-hybridized carbons (Fsp3) is 0.909. The van der Waals surface area contributed by atoms with Crippen molar-refractivity contribution in [3.8, 4) is 0 Å². The van der Waals surface area contributed by atoms with Gasteiger partial charge in [0.15, 0.2) is 0 Å². The summed E-state index contributed by atoms with van der Waals surface area (Å²) in [5.41, 5.74) is 0. The van der Waals surface area contributed by atoms with E-state index in [-0.39, 0.29) is 6.09 Å². The third-order valence-electron chi connectivity index (χ3n) is 1.87. The molecule has 0 rings (SSSR count). The first-order chi connectivity index (χ1) is 7.24. The molecular formula is C11H26N2O2. The smallest absolute Gasteiger partial charge is 0.406 e. The van der Waals surface area contributed by atoms with E-state index in [4.69, 9.17) is 0 Å². The maximum atomic E-state index is 10.7. The van der Waals surface area contributed by atoms with Crippen molar-refractivity contribution in [3.05, 3.63) is 0 Å². The van der Waals surface area contributed by atoms with Crippen molar-refractivity contribution >= 4 is 6.09 Å². The molecule has 15 heavy (non-hydrogen) atoms. The summed E-state index contributed by atoms with van der Waals surface area (Å²) in [7, 11) is 1.37. The van der Waals surface area contributed by atoms with Crippen molar-refractivity contribution in [2.75, 3.05) is 33.3 Å². The summed E-state index contributed by atoms with van der Waals surface area (Å²) in [5, 5.41) is 2.65. The molecule has 0 saturated heterocycles. The highest BCUT2D eigenvalue weighted by Crippen LogP contribution is 1.88. The molecule has 0 aromatic rings. The zero-order valence-electron chi connectivity index (χ0n) is 10.8. The number of amides is 1. The second kappa shape index (κ2) is 13.2. The van der Waals surface area contributed by atoms with Crippen LogP contribution in [0.4, 0.5) is 4.79 Å². The van der Waals surface area contributed by atoms with E-state index >= 15 is 0 Å². The molecule has 0 fully saturated rings. The topological polar surface area (TPSA) is 41.6 Å². The van der Waals surface area contributed by atoms with Gasteiger partial charge in [-0.1, -0.05) is 27.7 Å². The lowest BCUT2D eigenvalue weighted by atomic mass is 10.4. The highest BCUT2D eigenvalue weighted by molar-refractivity contribution is 5.66. The van der Waals surface area contributed by atoms with Gasteiger partial charge in [0.1, 0.15) is 0 Å². The molecule has 0 aromatic heterocycles. The number of methoxy groups -OCH3 is 1. The maximum absolute atomic E-state index is 10.7. The number of rotatable bonds is 6. The Kier molecular flexibility index (Phi) is 14.7. The highest BCUT2D eigenvalue weighted by Gasteiger charge is 2.01. The number of alkyl carbamates (subject to hydrolysis) is 1. The highest BCUT2D eigenvalue weighted by atomic mass is 16.5. The van der Waals surface area contributed by atoms with Crippen LogP contribution in [0.15, 0.2) is 0 Å². The second-order valence-electron chi connectivity index (χ2n) is 2.85. The Hall–Kier alpha value is -0.770. The Bertz CT molecular complexity index is 141. The third-order valence-corrected chi connectivity index (χ3v) is 1.87. The number of hydrogen-bond donors (Lipinski definition) is 1. The molecule has 0 unspecified atom stereocenters. The third kappa shape index (κ3) is 11.2. The van der Waals surface area contributed by atoms with Crippen LogP contribution < -0.4 is 5.32 Å². The van der Waals surface area contributed by atoms with Gasteiger partial charge in [0, 0.05) is 13.1 Å². The molecule has 0 aliphatic heterocycles. The first-order valence-electron chi connectivity index (χ1n) is 5.78. The molecule has 1 amide bonds. The van der Waals surface area contributed by atoms with E-state index in [2.05, 4.69) is 28.8 Å². The lowest BCUT2D eigenvalue weighted by Gasteiger charge is -2.19. The van der Waals surface area contributed by atoms with E-state index in [1.165, 1.54) is 7.11 Å². The fourth-order valence-electron chi connectivity index (χ4n) is 1.13. The van der Waals surface area contributed by atoms with Gasteiger partial charge in [0.2, 0.25) is 0 Å². The number of hydrogen-bond acceptors (Lipinski definition) is 3. The van der Waals surface area contributed by atoms with E-state index in [1.807, 2.05) is 13.8 Å². The summed E-state index contributed by atoms with van der Waals surface area (Å²) < 4.78 is 4.46. The van der Waals surface area contributed by atoms with Gasteiger partial charge in [-0.3, -0.25) is 0 Å². The molecule has 92 valence electrons. The van der Waals surface area contributed by atoms with E-state index in [0.29, 0.717) is 6.54 Å². The van der Waals surface area contributed by atoms with Crippen molar-refractivity contribution in [2.24, 2.45) is 0 Å². The Morgan fingerprint density at radius 2 is 1.87 bits per heavy atom. The van der Waals surface area contributed by atoms with Crippen LogP contribution in [0, 0.1) is 0 Å². The predicted molar refractivity (Wildman–Crippen MR) is 64.2 cm³/mol. The molecule has 0 heterocycles.